The van der Waals surface area contributed by atoms with Crippen LogP contribution >= 0.6 is 0 Å². The monoisotopic (exact) mass is 367 g/mol. The quantitative estimate of drug-likeness (QED) is 0.459. The van der Waals surface area contributed by atoms with E-state index < -0.39 is 4.92 Å². The minimum atomic E-state index is -0.501. The topological polar surface area (TPSA) is 94.3 Å². The molecule has 0 unspecified atom stereocenters. The normalized spacial score (nSPS) is 15.0. The van der Waals surface area contributed by atoms with Gasteiger partial charge in [0.1, 0.15) is 11.3 Å². The molecule has 1 aliphatic heterocycles. The van der Waals surface area contributed by atoms with E-state index >= 15 is 0 Å². The molecular formula is C19H17N3O5. The van der Waals surface area contributed by atoms with Crippen molar-refractivity contribution in [2.75, 3.05) is 18.7 Å². The summed E-state index contributed by atoms with van der Waals surface area (Å²) in [5.74, 6) is 0.482. The number of rotatable bonds is 5. The van der Waals surface area contributed by atoms with E-state index in [9.17, 15) is 14.9 Å². The van der Waals surface area contributed by atoms with Gasteiger partial charge in [-0.25, -0.2) is 0 Å². The van der Waals surface area contributed by atoms with E-state index in [0.29, 0.717) is 23.6 Å². The molecule has 138 valence electrons. The van der Waals surface area contributed by atoms with Gasteiger partial charge in [-0.05, 0) is 42.8 Å². The molecule has 27 heavy (non-hydrogen) atoms. The van der Waals surface area contributed by atoms with Crippen LogP contribution in [0.3, 0.4) is 0 Å². The molecule has 0 aromatic heterocycles. The highest BCUT2D eigenvalue weighted by molar-refractivity contribution is 6.30. The largest absolute Gasteiger partial charge is 0.497 e. The van der Waals surface area contributed by atoms with E-state index in [1.807, 2.05) is 12.1 Å². The summed E-state index contributed by atoms with van der Waals surface area (Å²) < 4.78 is 10.7. The summed E-state index contributed by atoms with van der Waals surface area (Å²) in [5.41, 5.74) is 1.41. The van der Waals surface area contributed by atoms with Crippen molar-refractivity contribution < 1.29 is 19.2 Å². The number of anilines is 1. The minimum absolute atomic E-state index is 0.0634. The van der Waals surface area contributed by atoms with Crippen molar-refractivity contribution in [3.05, 3.63) is 69.8 Å². The fourth-order valence-corrected chi connectivity index (χ4v) is 2.55. The van der Waals surface area contributed by atoms with Gasteiger partial charge < -0.3 is 9.47 Å². The molecule has 2 aromatic rings. The summed E-state index contributed by atoms with van der Waals surface area (Å²) in [7, 11) is 1.57. The molecule has 1 amide bonds. The van der Waals surface area contributed by atoms with Crippen LogP contribution in [0.2, 0.25) is 0 Å². The third kappa shape index (κ3) is 3.79. The number of ether oxygens (including phenoxy) is 2. The maximum absolute atomic E-state index is 12.9. The molecule has 0 saturated heterocycles. The van der Waals surface area contributed by atoms with E-state index in [0.717, 1.165) is 5.56 Å². The van der Waals surface area contributed by atoms with Crippen molar-refractivity contribution in [3.63, 3.8) is 0 Å². The number of non-ortho nitro benzene ring substituents is 1. The first-order chi connectivity index (χ1) is 13.0. The Morgan fingerprint density at radius 3 is 2.59 bits per heavy atom. The fraction of sp³-hybridized carbons (Fsp3) is 0.158. The predicted molar refractivity (Wildman–Crippen MR) is 101 cm³/mol. The molecule has 3 rings (SSSR count). The molecule has 0 atom stereocenters. The number of methoxy groups -OCH3 is 1. The van der Waals surface area contributed by atoms with Crippen LogP contribution in [-0.4, -0.2) is 30.4 Å². The molecule has 2 aromatic carbocycles. The molecule has 1 aliphatic rings. The number of benzene rings is 2. The zero-order valence-electron chi connectivity index (χ0n) is 14.8. The Balaban J connectivity index is 1.96. The maximum atomic E-state index is 12.9. The molecular weight excluding hydrogens is 350 g/mol. The number of nitrogens with zero attached hydrogens (tertiary/aromatic N) is 3. The van der Waals surface area contributed by atoms with Gasteiger partial charge in [0.15, 0.2) is 0 Å². The number of hydrogen-bond acceptors (Lipinski definition) is 6. The summed E-state index contributed by atoms with van der Waals surface area (Å²) >= 11 is 0. The molecule has 0 spiro atoms. The summed E-state index contributed by atoms with van der Waals surface area (Å²) in [4.78, 5) is 23.2. The van der Waals surface area contributed by atoms with Gasteiger partial charge in [0.05, 0.1) is 24.3 Å². The number of nitro benzene ring substituents is 1. The smallest absolute Gasteiger partial charge is 0.284 e. The van der Waals surface area contributed by atoms with Crippen LogP contribution in [0.4, 0.5) is 11.4 Å². The lowest BCUT2D eigenvalue weighted by molar-refractivity contribution is -0.384. The molecule has 0 radical (unpaired) electrons. The van der Waals surface area contributed by atoms with E-state index in [1.54, 1.807) is 32.2 Å². The van der Waals surface area contributed by atoms with Crippen molar-refractivity contribution in [1.82, 2.24) is 0 Å². The van der Waals surface area contributed by atoms with Crippen molar-refractivity contribution in [2.24, 2.45) is 5.10 Å². The van der Waals surface area contributed by atoms with Crippen LogP contribution in [0.25, 0.3) is 6.08 Å². The molecule has 0 fully saturated rings. The second-order valence-electron chi connectivity index (χ2n) is 5.56. The molecule has 8 nitrogen and oxygen atoms in total. The van der Waals surface area contributed by atoms with Crippen LogP contribution in [0.15, 0.2) is 59.2 Å². The van der Waals surface area contributed by atoms with E-state index in [2.05, 4.69) is 5.10 Å². The lowest BCUT2D eigenvalue weighted by Crippen LogP contribution is -2.21. The van der Waals surface area contributed by atoms with Gasteiger partial charge >= 0.3 is 0 Å². The number of hydrazone groups is 1. The average Bonchev–Trinajstić information content (AvgIpc) is 2.98. The first-order valence-electron chi connectivity index (χ1n) is 8.20. The molecule has 0 bridgehead atoms. The Hall–Kier alpha value is -3.68. The van der Waals surface area contributed by atoms with Crippen LogP contribution in [0.5, 0.6) is 5.75 Å². The summed E-state index contributed by atoms with van der Waals surface area (Å²) in [6.07, 6.45) is 1.67. The third-order valence-electron chi connectivity index (χ3n) is 3.83. The Labute approximate surface area is 155 Å². The highest BCUT2D eigenvalue weighted by Gasteiger charge is 2.32. The van der Waals surface area contributed by atoms with Crippen molar-refractivity contribution >= 4 is 29.3 Å². The number of nitro groups is 1. The zero-order valence-corrected chi connectivity index (χ0v) is 14.8. The van der Waals surface area contributed by atoms with Gasteiger partial charge in [0.25, 0.3) is 11.6 Å². The van der Waals surface area contributed by atoms with Gasteiger partial charge in [-0.2, -0.15) is 5.01 Å². The lowest BCUT2D eigenvalue weighted by atomic mass is 10.1. The number of hydrogen-bond donors (Lipinski definition) is 0. The van der Waals surface area contributed by atoms with Gasteiger partial charge in [-0.1, -0.05) is 12.1 Å². The third-order valence-corrected chi connectivity index (χ3v) is 3.83. The Morgan fingerprint density at radius 2 is 1.96 bits per heavy atom. The maximum Gasteiger partial charge on any atom is 0.284 e. The molecule has 0 aliphatic carbocycles. The number of amides is 1. The van der Waals surface area contributed by atoms with Gasteiger partial charge in [0, 0.05) is 12.1 Å². The highest BCUT2D eigenvalue weighted by atomic mass is 16.6. The standard InChI is InChI=1S/C19H17N3O5/c1-3-27-18-17(12-13-5-4-6-16(11-13)26-2)19(23)21(20-18)14-7-9-15(10-8-14)22(24)25/h4-12H,3H2,1-2H3/b17-12-. The highest BCUT2D eigenvalue weighted by Crippen LogP contribution is 2.27. The molecule has 0 N–H and O–H groups in total. The van der Waals surface area contributed by atoms with E-state index in [1.165, 1.54) is 29.3 Å². The minimum Gasteiger partial charge on any atom is -0.497 e. The predicted octanol–water partition coefficient (Wildman–Crippen LogP) is 3.38. The van der Waals surface area contributed by atoms with Crippen molar-refractivity contribution in [1.29, 1.82) is 0 Å². The summed E-state index contributed by atoms with van der Waals surface area (Å²) in [6.45, 7) is 2.14. The van der Waals surface area contributed by atoms with Gasteiger partial charge in [-0.15, -0.1) is 5.10 Å². The molecule has 0 saturated carbocycles. The Kier molecular flexibility index (Phi) is 5.16. The van der Waals surface area contributed by atoms with Crippen LogP contribution in [0, 0.1) is 10.1 Å². The Morgan fingerprint density at radius 1 is 1.22 bits per heavy atom. The summed E-state index contributed by atoms with van der Waals surface area (Å²) in [5, 5.41) is 16.2. The fourth-order valence-electron chi connectivity index (χ4n) is 2.55. The van der Waals surface area contributed by atoms with E-state index in [-0.39, 0.29) is 17.5 Å². The zero-order chi connectivity index (χ0) is 19.4. The first kappa shape index (κ1) is 18.1. The SMILES string of the molecule is CCOC1=NN(c2ccc([N+](=O)[O-])cc2)C(=O)/C1=C\c1cccc(OC)c1. The molecule has 8 heteroatoms. The van der Waals surface area contributed by atoms with Crippen LogP contribution < -0.4 is 9.75 Å². The van der Waals surface area contributed by atoms with E-state index in [4.69, 9.17) is 9.47 Å². The summed E-state index contributed by atoms with van der Waals surface area (Å²) in [6, 6.07) is 12.8. The second-order valence-corrected chi connectivity index (χ2v) is 5.56. The number of carbonyl (C=O) groups excluding carboxylic acids is 1. The Bertz CT molecular complexity index is 935. The van der Waals surface area contributed by atoms with Crippen molar-refractivity contribution in [3.8, 4) is 5.75 Å². The van der Waals surface area contributed by atoms with Crippen LogP contribution in [-0.2, 0) is 9.53 Å². The lowest BCUT2D eigenvalue weighted by Gasteiger charge is -2.10. The van der Waals surface area contributed by atoms with Gasteiger partial charge in [0.2, 0.25) is 5.90 Å². The number of carbonyl (C=O) groups is 1. The first-order valence-corrected chi connectivity index (χ1v) is 8.20. The van der Waals surface area contributed by atoms with Gasteiger partial charge in [-0.3, -0.25) is 14.9 Å². The van der Waals surface area contributed by atoms with Crippen molar-refractivity contribution in [2.45, 2.75) is 6.92 Å². The average molecular weight is 367 g/mol. The second kappa shape index (κ2) is 7.69. The molecule has 1 heterocycles. The van der Waals surface area contributed by atoms with Crippen LogP contribution in [0.1, 0.15) is 12.5 Å².